The number of fused-ring (bicyclic) bond motifs is 2. The molecule has 0 fully saturated rings. The van der Waals surface area contributed by atoms with Crippen molar-refractivity contribution in [2.45, 2.75) is 13.3 Å². The van der Waals surface area contributed by atoms with Gasteiger partial charge in [0.1, 0.15) is 17.0 Å². The number of aromatic nitrogens is 1. The predicted octanol–water partition coefficient (Wildman–Crippen LogP) is 4.98. The molecule has 0 saturated carbocycles. The maximum atomic E-state index is 5.75. The lowest BCUT2D eigenvalue weighted by molar-refractivity contribution is 0.340. The predicted molar refractivity (Wildman–Crippen MR) is 98.5 cm³/mol. The molecule has 25 heavy (non-hydrogen) atoms. The van der Waals surface area contributed by atoms with Crippen LogP contribution in [0.4, 0.5) is 0 Å². The molecule has 0 aliphatic rings. The first kappa shape index (κ1) is 15.5. The maximum absolute atomic E-state index is 5.75. The van der Waals surface area contributed by atoms with Crippen molar-refractivity contribution >= 4 is 22.0 Å². The maximum Gasteiger partial charge on any atom is 0.156 e. The van der Waals surface area contributed by atoms with Gasteiger partial charge in [-0.05, 0) is 42.8 Å². The van der Waals surface area contributed by atoms with Crippen molar-refractivity contribution in [3.63, 3.8) is 0 Å². The number of nitrogens with zero attached hydrogens (tertiary/aromatic N) is 1. The minimum Gasteiger partial charge on any atom is -0.497 e. The Balaban J connectivity index is 1.87. The normalized spacial score (nSPS) is 11.1. The minimum atomic E-state index is 0.635. The average Bonchev–Trinajstić information content (AvgIpc) is 3.11. The molecule has 4 rings (SSSR count). The first-order chi connectivity index (χ1) is 12.3. The van der Waals surface area contributed by atoms with Gasteiger partial charge in [-0.1, -0.05) is 12.1 Å². The zero-order valence-corrected chi connectivity index (χ0v) is 14.3. The van der Waals surface area contributed by atoms with Crippen molar-refractivity contribution in [3.05, 3.63) is 65.9 Å². The quantitative estimate of drug-likeness (QED) is 0.517. The van der Waals surface area contributed by atoms with Gasteiger partial charge in [0.05, 0.1) is 25.5 Å². The molecule has 4 heteroatoms. The highest BCUT2D eigenvalue weighted by atomic mass is 16.5. The van der Waals surface area contributed by atoms with Crippen molar-refractivity contribution in [1.29, 1.82) is 0 Å². The van der Waals surface area contributed by atoms with Crippen LogP contribution in [0.5, 0.6) is 11.5 Å². The lowest BCUT2D eigenvalue weighted by atomic mass is 9.99. The Morgan fingerprint density at radius 3 is 2.52 bits per heavy atom. The highest BCUT2D eigenvalue weighted by Crippen LogP contribution is 2.31. The Labute approximate surface area is 146 Å². The summed E-state index contributed by atoms with van der Waals surface area (Å²) in [5.74, 6) is 1.70. The van der Waals surface area contributed by atoms with Gasteiger partial charge in [0.2, 0.25) is 0 Å². The van der Waals surface area contributed by atoms with Crippen LogP contribution in [0.1, 0.15) is 18.1 Å². The largest absolute Gasteiger partial charge is 0.497 e. The van der Waals surface area contributed by atoms with Crippen molar-refractivity contribution < 1.29 is 13.9 Å². The first-order valence-electron chi connectivity index (χ1n) is 8.34. The summed E-state index contributed by atoms with van der Waals surface area (Å²) in [5, 5.41) is 1.06. The molecular weight excluding hydrogens is 314 g/mol. The van der Waals surface area contributed by atoms with Crippen molar-refractivity contribution in [1.82, 2.24) is 4.98 Å². The number of furan rings is 1. The van der Waals surface area contributed by atoms with Crippen LogP contribution >= 0.6 is 0 Å². The molecule has 0 bridgehead atoms. The molecule has 126 valence electrons. The third-order valence-electron chi connectivity index (χ3n) is 4.30. The van der Waals surface area contributed by atoms with E-state index < -0.39 is 0 Å². The van der Waals surface area contributed by atoms with Gasteiger partial charge in [-0.15, -0.1) is 0 Å². The Hall–Kier alpha value is -3.01. The molecule has 0 aliphatic carbocycles. The highest BCUT2D eigenvalue weighted by molar-refractivity contribution is 5.95. The summed E-state index contributed by atoms with van der Waals surface area (Å²) in [6.07, 6.45) is 2.44. The number of ether oxygens (including phenoxy) is 2. The van der Waals surface area contributed by atoms with Gasteiger partial charge in [0.25, 0.3) is 0 Å². The zero-order valence-electron chi connectivity index (χ0n) is 14.3. The fourth-order valence-electron chi connectivity index (χ4n) is 3.10. The second kappa shape index (κ2) is 6.48. The van der Waals surface area contributed by atoms with Gasteiger partial charge >= 0.3 is 0 Å². The summed E-state index contributed by atoms with van der Waals surface area (Å²) < 4.78 is 16.7. The third-order valence-corrected chi connectivity index (χ3v) is 4.30. The first-order valence-corrected chi connectivity index (χ1v) is 8.34. The molecule has 4 aromatic rings. The molecule has 0 saturated heterocycles. The Kier molecular flexibility index (Phi) is 4.02. The minimum absolute atomic E-state index is 0.635. The molecule has 2 aromatic carbocycles. The van der Waals surface area contributed by atoms with Crippen LogP contribution < -0.4 is 9.47 Å². The summed E-state index contributed by atoms with van der Waals surface area (Å²) in [7, 11) is 1.67. The van der Waals surface area contributed by atoms with Crippen molar-refractivity contribution in [2.24, 2.45) is 0 Å². The van der Waals surface area contributed by atoms with E-state index in [2.05, 4.69) is 12.1 Å². The Bertz CT molecular complexity index is 1020. The second-order valence-corrected chi connectivity index (χ2v) is 5.86. The summed E-state index contributed by atoms with van der Waals surface area (Å²) in [5.41, 5.74) is 4.96. The summed E-state index contributed by atoms with van der Waals surface area (Å²) in [6.45, 7) is 2.62. The molecule has 2 aromatic heterocycles. The SMILES string of the molecule is CCOc1ccc2nc3ccoc3c(Cc3ccc(OC)cc3)c2c1. The number of pyridine rings is 1. The van der Waals surface area contributed by atoms with Gasteiger partial charge in [-0.2, -0.15) is 0 Å². The van der Waals surface area contributed by atoms with Crippen LogP contribution in [0.2, 0.25) is 0 Å². The molecule has 4 nitrogen and oxygen atoms in total. The fraction of sp³-hybridized carbons (Fsp3) is 0.190. The van der Waals surface area contributed by atoms with Crippen molar-refractivity contribution in [3.8, 4) is 11.5 Å². The lowest BCUT2D eigenvalue weighted by Crippen LogP contribution is -1.96. The van der Waals surface area contributed by atoms with Gasteiger partial charge in [-0.3, -0.25) is 0 Å². The van der Waals surface area contributed by atoms with Gasteiger partial charge in [0, 0.05) is 23.4 Å². The standard InChI is InChI=1S/C21H19NO3/c1-3-24-16-8-9-19-17(13-16)18(21-20(22-19)10-11-25-21)12-14-4-6-15(23-2)7-5-14/h4-11,13H,3,12H2,1-2H3. The molecule has 0 unspecified atom stereocenters. The molecule has 0 N–H and O–H groups in total. The topological polar surface area (TPSA) is 44.5 Å². The Morgan fingerprint density at radius 2 is 1.76 bits per heavy atom. The van der Waals surface area contributed by atoms with Gasteiger partial charge in [0.15, 0.2) is 5.58 Å². The van der Waals surface area contributed by atoms with E-state index >= 15 is 0 Å². The summed E-state index contributed by atoms with van der Waals surface area (Å²) in [4.78, 5) is 4.70. The van der Waals surface area contributed by atoms with E-state index in [1.165, 1.54) is 5.56 Å². The number of hydrogen-bond acceptors (Lipinski definition) is 4. The third kappa shape index (κ3) is 2.91. The summed E-state index contributed by atoms with van der Waals surface area (Å²) >= 11 is 0. The van der Waals surface area contributed by atoms with Crippen LogP contribution in [-0.4, -0.2) is 18.7 Å². The molecule has 0 atom stereocenters. The Morgan fingerprint density at radius 1 is 0.960 bits per heavy atom. The smallest absolute Gasteiger partial charge is 0.156 e. The molecular formula is C21H19NO3. The van der Waals surface area contributed by atoms with E-state index in [9.17, 15) is 0 Å². The molecule has 2 heterocycles. The average molecular weight is 333 g/mol. The van der Waals surface area contributed by atoms with Gasteiger partial charge < -0.3 is 13.9 Å². The van der Waals surface area contributed by atoms with Crippen LogP contribution in [0.15, 0.2) is 59.2 Å². The molecule has 0 spiro atoms. The van der Waals surface area contributed by atoms with E-state index in [1.807, 2.05) is 43.3 Å². The van der Waals surface area contributed by atoms with E-state index in [0.717, 1.165) is 45.5 Å². The molecule has 0 radical (unpaired) electrons. The monoisotopic (exact) mass is 333 g/mol. The summed E-state index contributed by atoms with van der Waals surface area (Å²) in [6, 6.07) is 16.0. The van der Waals surface area contributed by atoms with Gasteiger partial charge in [-0.25, -0.2) is 4.98 Å². The van der Waals surface area contributed by atoms with Crippen LogP contribution in [0, 0.1) is 0 Å². The zero-order chi connectivity index (χ0) is 17.2. The van der Waals surface area contributed by atoms with Crippen LogP contribution in [0.25, 0.3) is 22.0 Å². The molecule has 0 amide bonds. The van der Waals surface area contributed by atoms with Crippen LogP contribution in [-0.2, 0) is 6.42 Å². The van der Waals surface area contributed by atoms with E-state index in [4.69, 9.17) is 18.9 Å². The van der Waals surface area contributed by atoms with E-state index in [-0.39, 0.29) is 0 Å². The van der Waals surface area contributed by atoms with E-state index in [0.29, 0.717) is 6.61 Å². The number of methoxy groups -OCH3 is 1. The number of benzene rings is 2. The van der Waals surface area contributed by atoms with Crippen LogP contribution in [0.3, 0.4) is 0 Å². The second-order valence-electron chi connectivity index (χ2n) is 5.86. The lowest BCUT2D eigenvalue weighted by Gasteiger charge is -2.10. The molecule has 0 aliphatic heterocycles. The number of hydrogen-bond donors (Lipinski definition) is 0. The fourth-order valence-corrected chi connectivity index (χ4v) is 3.10. The van der Waals surface area contributed by atoms with E-state index in [1.54, 1.807) is 13.4 Å². The highest BCUT2D eigenvalue weighted by Gasteiger charge is 2.13. The number of rotatable bonds is 5. The van der Waals surface area contributed by atoms with Crippen molar-refractivity contribution in [2.75, 3.05) is 13.7 Å².